The molecule has 0 bridgehead atoms. The number of nitro benzene ring substituents is 1. The molecule has 0 spiro atoms. The summed E-state index contributed by atoms with van der Waals surface area (Å²) >= 11 is 1.31. The lowest BCUT2D eigenvalue weighted by Crippen LogP contribution is -2.36. The third-order valence-corrected chi connectivity index (χ3v) is 7.73. The number of fused-ring (bicyclic) bond motifs is 1. The molecule has 4 aromatic rings. The number of halogens is 3. The van der Waals surface area contributed by atoms with Gasteiger partial charge < -0.3 is 15.4 Å². The van der Waals surface area contributed by atoms with Crippen LogP contribution in [0.25, 0.3) is 0 Å². The molecule has 3 heterocycles. The number of nitrogens with zero attached hydrogens (tertiary/aromatic N) is 3. The normalized spacial score (nSPS) is 16.7. The summed E-state index contributed by atoms with van der Waals surface area (Å²) in [5.41, 5.74) is 1.40. The molecule has 214 valence electrons. The van der Waals surface area contributed by atoms with Crippen molar-refractivity contribution < 1.29 is 27.6 Å². The number of hydrogen-bond donors (Lipinski definition) is 2. The van der Waals surface area contributed by atoms with Crippen LogP contribution < -0.4 is 15.4 Å². The van der Waals surface area contributed by atoms with E-state index in [4.69, 9.17) is 4.74 Å². The maximum atomic E-state index is 14.0. The average molecular weight is 586 g/mol. The molecule has 2 N–H and O–H groups in total. The summed E-state index contributed by atoms with van der Waals surface area (Å²) < 4.78 is 48.7. The monoisotopic (exact) mass is 585 g/mol. The summed E-state index contributed by atoms with van der Waals surface area (Å²) in [6.07, 6.45) is -3.82. The Labute approximate surface area is 237 Å². The van der Waals surface area contributed by atoms with Crippen LogP contribution in [0.2, 0.25) is 0 Å². The summed E-state index contributed by atoms with van der Waals surface area (Å²) in [4.78, 5) is 25.1. The first kappa shape index (κ1) is 28.1. The van der Waals surface area contributed by atoms with Crippen LogP contribution in [0.15, 0.2) is 60.1 Å². The van der Waals surface area contributed by atoms with Crippen molar-refractivity contribution in [3.8, 4) is 11.5 Å². The number of aryl methyl sites for hydroxylation is 1. The van der Waals surface area contributed by atoms with E-state index < -0.39 is 29.1 Å². The second kappa shape index (κ2) is 10.9. The molecule has 13 heteroatoms. The highest BCUT2D eigenvalue weighted by Gasteiger charge is 2.47. The molecule has 0 fully saturated rings. The highest BCUT2D eigenvalue weighted by molar-refractivity contribution is 7.10. The van der Waals surface area contributed by atoms with Gasteiger partial charge in [-0.05, 0) is 41.5 Å². The maximum Gasteiger partial charge on any atom is 0.410 e. The predicted octanol–water partition coefficient (Wildman–Crippen LogP) is 7.99. The van der Waals surface area contributed by atoms with Crippen molar-refractivity contribution in [1.29, 1.82) is 0 Å². The largest absolute Gasteiger partial charge is 0.457 e. The van der Waals surface area contributed by atoms with Gasteiger partial charge in [-0.15, -0.1) is 11.3 Å². The minimum atomic E-state index is -4.59. The van der Waals surface area contributed by atoms with Gasteiger partial charge >= 0.3 is 6.18 Å². The number of thiophene rings is 1. The molecular formula is C28H26F3N5O4S. The van der Waals surface area contributed by atoms with Gasteiger partial charge in [-0.1, -0.05) is 32.0 Å². The number of non-ortho nitro benzene ring substituents is 1. The van der Waals surface area contributed by atoms with E-state index >= 15 is 0 Å². The van der Waals surface area contributed by atoms with Crippen molar-refractivity contribution in [2.24, 2.45) is 0 Å². The molecule has 1 aliphatic rings. The molecule has 0 saturated carbocycles. The topological polar surface area (TPSA) is 111 Å². The van der Waals surface area contributed by atoms with Gasteiger partial charge in [-0.3, -0.25) is 14.9 Å². The Morgan fingerprint density at radius 2 is 2.02 bits per heavy atom. The van der Waals surface area contributed by atoms with Crippen LogP contribution in [0.1, 0.15) is 64.6 Å². The molecule has 1 aliphatic heterocycles. The van der Waals surface area contributed by atoms with Crippen LogP contribution >= 0.6 is 11.3 Å². The van der Waals surface area contributed by atoms with Gasteiger partial charge in [-0.2, -0.15) is 18.3 Å². The number of carbonyl (C=O) groups is 1. The zero-order valence-corrected chi connectivity index (χ0v) is 23.0. The number of rotatable bonds is 7. The molecule has 9 nitrogen and oxygen atoms in total. The van der Waals surface area contributed by atoms with Crippen LogP contribution in [0.5, 0.6) is 11.5 Å². The van der Waals surface area contributed by atoms with E-state index in [-0.39, 0.29) is 40.8 Å². The number of nitro groups is 1. The van der Waals surface area contributed by atoms with Gasteiger partial charge in [0, 0.05) is 23.4 Å². The fourth-order valence-electron chi connectivity index (χ4n) is 4.76. The Morgan fingerprint density at radius 1 is 1.24 bits per heavy atom. The van der Waals surface area contributed by atoms with Gasteiger partial charge in [0.1, 0.15) is 22.9 Å². The van der Waals surface area contributed by atoms with Crippen molar-refractivity contribution in [2.75, 3.05) is 10.6 Å². The highest BCUT2D eigenvalue weighted by Crippen LogP contribution is 2.45. The Hall–Kier alpha value is -4.39. The van der Waals surface area contributed by atoms with E-state index in [9.17, 15) is 28.1 Å². The molecule has 0 aliphatic carbocycles. The van der Waals surface area contributed by atoms with Gasteiger partial charge in [-0.25, -0.2) is 4.68 Å². The van der Waals surface area contributed by atoms with Gasteiger partial charge in [0.15, 0.2) is 6.04 Å². The van der Waals surface area contributed by atoms with Crippen LogP contribution in [0.3, 0.4) is 0 Å². The van der Waals surface area contributed by atoms with Crippen LogP contribution in [-0.2, 0) is 0 Å². The first-order valence-electron chi connectivity index (χ1n) is 12.7. The smallest absolute Gasteiger partial charge is 0.410 e. The standard InChI is InChI=1S/C28H26F3N5O4S/c1-15(2)20-7-6-16(3)9-23(20)40-19-11-17(10-18(12-19)36(38)39)33-27(37)21-14-32-35-25(28(29,30)31)13-22(34-26(21)35)24-5-4-8-41-24/h4-12,14-15,22,25,34H,13H2,1-3H3,(H,33,37)/t22-,25-/m0/s1. The molecule has 0 saturated heterocycles. The molecule has 2 aromatic heterocycles. The highest BCUT2D eigenvalue weighted by atomic mass is 32.1. The van der Waals surface area contributed by atoms with Crippen LogP contribution in [0.4, 0.5) is 30.4 Å². The minimum Gasteiger partial charge on any atom is -0.457 e. The number of alkyl halides is 3. The van der Waals surface area contributed by atoms with Crippen LogP contribution in [-0.4, -0.2) is 26.8 Å². The lowest BCUT2D eigenvalue weighted by atomic mass is 10.0. The Morgan fingerprint density at radius 3 is 2.68 bits per heavy atom. The first-order valence-corrected chi connectivity index (χ1v) is 13.6. The number of hydrogen-bond acceptors (Lipinski definition) is 7. The first-order chi connectivity index (χ1) is 19.4. The number of carbonyl (C=O) groups excluding carboxylic acids is 1. The maximum absolute atomic E-state index is 14.0. The molecule has 2 atom stereocenters. The summed E-state index contributed by atoms with van der Waals surface area (Å²) in [6.45, 7) is 5.87. The third-order valence-electron chi connectivity index (χ3n) is 6.75. The van der Waals surface area contributed by atoms with Crippen LogP contribution in [0, 0.1) is 17.0 Å². The zero-order chi connectivity index (χ0) is 29.5. The lowest BCUT2D eigenvalue weighted by molar-refractivity contribution is -0.384. The third kappa shape index (κ3) is 5.89. The fraction of sp³-hybridized carbons (Fsp3) is 0.286. The van der Waals surface area contributed by atoms with Gasteiger partial charge in [0.25, 0.3) is 11.6 Å². The average Bonchev–Trinajstić information content (AvgIpc) is 3.57. The summed E-state index contributed by atoms with van der Waals surface area (Å²) in [6, 6.07) is 10.3. The second-order valence-electron chi connectivity index (χ2n) is 10.1. The van der Waals surface area contributed by atoms with E-state index in [0.29, 0.717) is 10.6 Å². The quantitative estimate of drug-likeness (QED) is 0.168. The Kier molecular flexibility index (Phi) is 7.47. The second-order valence-corrected chi connectivity index (χ2v) is 11.1. The number of aromatic nitrogens is 2. The molecule has 0 unspecified atom stereocenters. The molecule has 2 aromatic carbocycles. The Bertz CT molecular complexity index is 1600. The molecular weight excluding hydrogens is 559 g/mol. The van der Waals surface area contributed by atoms with Gasteiger partial charge in [0.05, 0.1) is 28.9 Å². The number of ether oxygens (including phenoxy) is 1. The minimum absolute atomic E-state index is 0.0379. The summed E-state index contributed by atoms with van der Waals surface area (Å²) in [7, 11) is 0. The van der Waals surface area contributed by atoms with Crippen molar-refractivity contribution >= 4 is 34.4 Å². The molecule has 41 heavy (non-hydrogen) atoms. The number of anilines is 2. The SMILES string of the molecule is Cc1ccc(C(C)C)c(Oc2cc(NC(=O)c3cnn4c3N[C@H](c3cccs3)C[C@H]4C(F)(F)F)cc([N+](=O)[O-])c2)c1. The van der Waals surface area contributed by atoms with E-state index in [0.717, 1.165) is 28.1 Å². The van der Waals surface area contributed by atoms with Crippen molar-refractivity contribution in [2.45, 2.75) is 51.4 Å². The van der Waals surface area contributed by atoms with E-state index in [1.807, 2.05) is 39.0 Å². The summed E-state index contributed by atoms with van der Waals surface area (Å²) in [5.74, 6) is -0.116. The van der Waals surface area contributed by atoms with Crippen molar-refractivity contribution in [3.63, 3.8) is 0 Å². The number of amides is 1. The molecule has 5 rings (SSSR count). The van der Waals surface area contributed by atoms with E-state index in [1.165, 1.54) is 23.5 Å². The lowest BCUT2D eigenvalue weighted by Gasteiger charge is -2.33. The van der Waals surface area contributed by atoms with Crippen molar-refractivity contribution in [3.05, 3.63) is 91.8 Å². The van der Waals surface area contributed by atoms with E-state index in [2.05, 4.69) is 15.7 Å². The molecule has 0 radical (unpaired) electrons. The molecule has 1 amide bonds. The predicted molar refractivity (Wildman–Crippen MR) is 149 cm³/mol. The van der Waals surface area contributed by atoms with Gasteiger partial charge in [0.2, 0.25) is 0 Å². The number of nitrogens with one attached hydrogen (secondary N) is 2. The fourth-order valence-corrected chi connectivity index (χ4v) is 5.55. The number of benzene rings is 2. The zero-order valence-electron chi connectivity index (χ0n) is 22.2. The van der Waals surface area contributed by atoms with Crippen molar-refractivity contribution in [1.82, 2.24) is 9.78 Å². The van der Waals surface area contributed by atoms with E-state index in [1.54, 1.807) is 17.5 Å². The Balaban J connectivity index is 1.47. The summed E-state index contributed by atoms with van der Waals surface area (Å²) in [5, 5.41) is 22.9.